The van der Waals surface area contributed by atoms with E-state index in [9.17, 15) is 4.79 Å². The number of carbonyl (C=O) groups is 1. The van der Waals surface area contributed by atoms with E-state index in [1.54, 1.807) is 6.08 Å². The van der Waals surface area contributed by atoms with Crippen molar-refractivity contribution in [2.45, 2.75) is 6.92 Å². The number of aromatic nitrogens is 1. The molecule has 0 saturated heterocycles. The van der Waals surface area contributed by atoms with Crippen molar-refractivity contribution in [2.75, 3.05) is 25.0 Å². The van der Waals surface area contributed by atoms with Crippen LogP contribution in [0.1, 0.15) is 5.69 Å². The molecule has 16 heavy (non-hydrogen) atoms. The predicted molar refractivity (Wildman–Crippen MR) is 64.7 cm³/mol. The Bertz CT molecular complexity index is 365. The molecule has 1 heterocycles. The molecular formula is C10H15N3O2S. The molecule has 0 atom stereocenters. The molecule has 1 aromatic heterocycles. The van der Waals surface area contributed by atoms with Crippen LogP contribution in [-0.4, -0.2) is 40.7 Å². The third-order valence-corrected chi connectivity index (χ3v) is 2.72. The summed E-state index contributed by atoms with van der Waals surface area (Å²) < 4.78 is 0. The standard InChI is InChI=1S/C10H15N3O2S/c1-3-4-13(5-6-14)10(15)12-9-11-8(2)7-16-9/h3,7,14H,1,4-6H2,2H3,(H,11,12,15). The molecule has 1 rings (SSSR count). The molecule has 6 heteroatoms. The van der Waals surface area contributed by atoms with Crippen LogP contribution in [0.5, 0.6) is 0 Å². The van der Waals surface area contributed by atoms with Crippen LogP contribution in [0.3, 0.4) is 0 Å². The average molecular weight is 241 g/mol. The molecule has 0 spiro atoms. The summed E-state index contributed by atoms with van der Waals surface area (Å²) in [5.74, 6) is 0. The number of nitrogens with zero attached hydrogens (tertiary/aromatic N) is 2. The van der Waals surface area contributed by atoms with Crippen LogP contribution in [0.4, 0.5) is 9.93 Å². The van der Waals surface area contributed by atoms with Crippen molar-refractivity contribution < 1.29 is 9.90 Å². The molecule has 0 aliphatic heterocycles. The fraction of sp³-hybridized carbons (Fsp3) is 0.400. The summed E-state index contributed by atoms with van der Waals surface area (Å²) in [5.41, 5.74) is 0.873. The molecule has 0 aliphatic rings. The second-order valence-electron chi connectivity index (χ2n) is 3.18. The summed E-state index contributed by atoms with van der Waals surface area (Å²) in [5, 5.41) is 13.9. The van der Waals surface area contributed by atoms with Gasteiger partial charge in [0.2, 0.25) is 0 Å². The molecular weight excluding hydrogens is 226 g/mol. The topological polar surface area (TPSA) is 65.5 Å². The van der Waals surface area contributed by atoms with Gasteiger partial charge in [-0.3, -0.25) is 5.32 Å². The lowest BCUT2D eigenvalue weighted by molar-refractivity contribution is 0.195. The Hall–Kier alpha value is -1.40. The van der Waals surface area contributed by atoms with Crippen LogP contribution in [0.25, 0.3) is 0 Å². The van der Waals surface area contributed by atoms with Gasteiger partial charge in [0.25, 0.3) is 0 Å². The van der Waals surface area contributed by atoms with Gasteiger partial charge in [-0.2, -0.15) is 0 Å². The minimum atomic E-state index is -0.275. The number of nitrogens with one attached hydrogen (secondary N) is 1. The van der Waals surface area contributed by atoms with Gasteiger partial charge in [0.1, 0.15) is 0 Å². The first-order valence-corrected chi connectivity index (χ1v) is 5.75. The maximum atomic E-state index is 11.7. The van der Waals surface area contributed by atoms with E-state index in [1.165, 1.54) is 16.2 Å². The van der Waals surface area contributed by atoms with Crippen LogP contribution >= 0.6 is 11.3 Å². The summed E-state index contributed by atoms with van der Waals surface area (Å²) in [6.45, 7) is 6.03. The fourth-order valence-electron chi connectivity index (χ4n) is 1.13. The molecule has 0 aliphatic carbocycles. The Morgan fingerprint density at radius 2 is 2.56 bits per heavy atom. The molecule has 0 saturated carbocycles. The molecule has 5 nitrogen and oxygen atoms in total. The Kier molecular flexibility index (Phi) is 4.94. The van der Waals surface area contributed by atoms with Gasteiger partial charge < -0.3 is 10.0 Å². The Balaban J connectivity index is 2.57. The summed E-state index contributed by atoms with van der Waals surface area (Å²) >= 11 is 1.37. The van der Waals surface area contributed by atoms with E-state index in [0.29, 0.717) is 11.7 Å². The predicted octanol–water partition coefficient (Wildman–Crippen LogP) is 1.46. The van der Waals surface area contributed by atoms with Crippen molar-refractivity contribution in [2.24, 2.45) is 0 Å². The number of hydrogen-bond donors (Lipinski definition) is 2. The van der Waals surface area contributed by atoms with Crippen molar-refractivity contribution in [3.8, 4) is 0 Å². The number of amides is 2. The van der Waals surface area contributed by atoms with E-state index in [2.05, 4.69) is 16.9 Å². The van der Waals surface area contributed by atoms with Gasteiger partial charge >= 0.3 is 6.03 Å². The van der Waals surface area contributed by atoms with Crippen LogP contribution in [-0.2, 0) is 0 Å². The summed E-state index contributed by atoms with van der Waals surface area (Å²) in [7, 11) is 0. The summed E-state index contributed by atoms with van der Waals surface area (Å²) in [4.78, 5) is 17.3. The molecule has 2 N–H and O–H groups in total. The Morgan fingerprint density at radius 3 is 3.06 bits per heavy atom. The van der Waals surface area contributed by atoms with E-state index in [4.69, 9.17) is 5.11 Å². The van der Waals surface area contributed by atoms with Crippen molar-refractivity contribution in [1.82, 2.24) is 9.88 Å². The van der Waals surface area contributed by atoms with Crippen LogP contribution in [0, 0.1) is 6.92 Å². The summed E-state index contributed by atoms with van der Waals surface area (Å²) in [6, 6.07) is -0.275. The smallest absolute Gasteiger partial charge is 0.324 e. The third kappa shape index (κ3) is 3.63. The van der Waals surface area contributed by atoms with Crippen molar-refractivity contribution in [1.29, 1.82) is 0 Å². The van der Waals surface area contributed by atoms with Gasteiger partial charge in [0.05, 0.1) is 12.3 Å². The molecule has 0 unspecified atom stereocenters. The fourth-order valence-corrected chi connectivity index (χ4v) is 1.81. The van der Waals surface area contributed by atoms with Gasteiger partial charge in [0.15, 0.2) is 5.13 Å². The number of anilines is 1. The van der Waals surface area contributed by atoms with Gasteiger partial charge in [-0.15, -0.1) is 17.9 Å². The summed E-state index contributed by atoms with van der Waals surface area (Å²) in [6.07, 6.45) is 1.61. The molecule has 2 amide bonds. The van der Waals surface area contributed by atoms with Gasteiger partial charge in [-0.25, -0.2) is 9.78 Å². The lowest BCUT2D eigenvalue weighted by atomic mass is 10.5. The Morgan fingerprint density at radius 1 is 1.81 bits per heavy atom. The number of aryl methyl sites for hydroxylation is 1. The van der Waals surface area contributed by atoms with E-state index < -0.39 is 0 Å². The quantitative estimate of drug-likeness (QED) is 0.767. The lowest BCUT2D eigenvalue weighted by Crippen LogP contribution is -2.37. The maximum Gasteiger partial charge on any atom is 0.324 e. The minimum Gasteiger partial charge on any atom is -0.395 e. The molecule has 88 valence electrons. The largest absolute Gasteiger partial charge is 0.395 e. The molecule has 0 radical (unpaired) electrons. The number of carbonyl (C=O) groups excluding carboxylic acids is 1. The normalized spacial score (nSPS) is 9.88. The van der Waals surface area contributed by atoms with Crippen LogP contribution < -0.4 is 5.32 Å². The van der Waals surface area contributed by atoms with E-state index >= 15 is 0 Å². The minimum absolute atomic E-state index is 0.0713. The molecule has 1 aromatic rings. The number of hydrogen-bond acceptors (Lipinski definition) is 4. The first-order valence-electron chi connectivity index (χ1n) is 4.87. The van der Waals surface area contributed by atoms with E-state index in [0.717, 1.165) is 5.69 Å². The van der Waals surface area contributed by atoms with Crippen LogP contribution in [0.15, 0.2) is 18.0 Å². The van der Waals surface area contributed by atoms with Crippen molar-refractivity contribution in [3.63, 3.8) is 0 Å². The highest BCUT2D eigenvalue weighted by Crippen LogP contribution is 2.14. The van der Waals surface area contributed by atoms with Crippen LogP contribution in [0.2, 0.25) is 0 Å². The molecule has 0 bridgehead atoms. The zero-order valence-corrected chi connectivity index (χ0v) is 9.96. The Labute approximate surface area is 98.4 Å². The zero-order valence-electron chi connectivity index (χ0n) is 9.14. The van der Waals surface area contributed by atoms with Crippen molar-refractivity contribution >= 4 is 22.5 Å². The second kappa shape index (κ2) is 6.24. The highest BCUT2D eigenvalue weighted by Gasteiger charge is 2.12. The number of rotatable bonds is 5. The molecule has 0 fully saturated rings. The number of urea groups is 1. The number of aliphatic hydroxyl groups excluding tert-OH is 1. The van der Waals surface area contributed by atoms with Gasteiger partial charge in [-0.05, 0) is 6.92 Å². The van der Waals surface area contributed by atoms with E-state index in [-0.39, 0.29) is 19.2 Å². The molecule has 0 aromatic carbocycles. The first kappa shape index (κ1) is 12.7. The third-order valence-electron chi connectivity index (χ3n) is 1.84. The maximum absolute atomic E-state index is 11.7. The first-order chi connectivity index (χ1) is 7.67. The highest BCUT2D eigenvalue weighted by molar-refractivity contribution is 7.13. The second-order valence-corrected chi connectivity index (χ2v) is 4.04. The number of thiazole rings is 1. The average Bonchev–Trinajstić information content (AvgIpc) is 2.63. The van der Waals surface area contributed by atoms with Crippen molar-refractivity contribution in [3.05, 3.63) is 23.7 Å². The monoisotopic (exact) mass is 241 g/mol. The zero-order chi connectivity index (χ0) is 12.0. The SMILES string of the molecule is C=CCN(CCO)C(=O)Nc1nc(C)cs1. The highest BCUT2D eigenvalue weighted by atomic mass is 32.1. The van der Waals surface area contributed by atoms with Gasteiger partial charge in [-0.1, -0.05) is 6.08 Å². The number of aliphatic hydroxyl groups is 1. The van der Waals surface area contributed by atoms with Gasteiger partial charge in [0, 0.05) is 18.5 Å². The van der Waals surface area contributed by atoms with E-state index in [1.807, 2.05) is 12.3 Å². The lowest BCUT2D eigenvalue weighted by Gasteiger charge is -2.19.